The van der Waals surface area contributed by atoms with E-state index in [1.54, 1.807) is 0 Å². The third-order valence-electron chi connectivity index (χ3n) is 3.55. The van der Waals surface area contributed by atoms with Crippen LogP contribution in [0.1, 0.15) is 18.1 Å². The Bertz CT molecular complexity index is 989. The second-order valence-electron chi connectivity index (χ2n) is 5.89. The Morgan fingerprint density at radius 2 is 1.72 bits per heavy atom. The lowest BCUT2D eigenvalue weighted by Crippen LogP contribution is -2.30. The van der Waals surface area contributed by atoms with Gasteiger partial charge in [-0.2, -0.15) is 17.9 Å². The fraction of sp³-hybridized carbons (Fsp3) is 0.222. The summed E-state index contributed by atoms with van der Waals surface area (Å²) in [4.78, 5) is 22.5. The summed E-state index contributed by atoms with van der Waals surface area (Å²) < 4.78 is 69.2. The third-order valence-corrected chi connectivity index (χ3v) is 4.96. The van der Waals surface area contributed by atoms with Gasteiger partial charge in [-0.1, -0.05) is 12.1 Å². The van der Waals surface area contributed by atoms with E-state index in [-0.39, 0.29) is 16.4 Å². The first-order valence-corrected chi connectivity index (χ1v) is 9.65. The predicted octanol–water partition coefficient (Wildman–Crippen LogP) is 2.69. The first kappa shape index (κ1) is 22.4. The zero-order valence-electron chi connectivity index (χ0n) is 15.1. The summed E-state index contributed by atoms with van der Waals surface area (Å²) in [6.07, 6.45) is -4.52. The first-order chi connectivity index (χ1) is 13.5. The Morgan fingerprint density at radius 3 is 2.31 bits per heavy atom. The van der Waals surface area contributed by atoms with Gasteiger partial charge in [0.05, 0.1) is 10.5 Å². The number of amides is 1. The number of alkyl halides is 3. The lowest BCUT2D eigenvalue weighted by molar-refractivity contribution is -0.143. The van der Waals surface area contributed by atoms with Crippen molar-refractivity contribution in [3.05, 3.63) is 59.7 Å². The van der Waals surface area contributed by atoms with E-state index in [1.807, 2.05) is 4.72 Å². The highest BCUT2D eigenvalue weighted by Crippen LogP contribution is 2.29. The quantitative estimate of drug-likeness (QED) is 0.658. The highest BCUT2D eigenvalue weighted by atomic mass is 32.2. The zero-order chi connectivity index (χ0) is 21.7. The molecule has 2 N–H and O–H groups in total. The lowest BCUT2D eigenvalue weighted by Gasteiger charge is -2.10. The van der Waals surface area contributed by atoms with Crippen LogP contribution in [-0.2, 0) is 37.1 Å². The second-order valence-corrected chi connectivity index (χ2v) is 7.66. The van der Waals surface area contributed by atoms with Crippen molar-refractivity contribution in [2.45, 2.75) is 24.6 Å². The number of carbonyl (C=O) groups excluding carboxylic acids is 2. The van der Waals surface area contributed by atoms with Crippen LogP contribution in [0.3, 0.4) is 0 Å². The molecule has 0 unspecified atom stereocenters. The van der Waals surface area contributed by atoms with Crippen molar-refractivity contribution in [2.75, 3.05) is 11.9 Å². The van der Waals surface area contributed by atoms with Gasteiger partial charge in [-0.05, 0) is 42.0 Å². The van der Waals surface area contributed by atoms with Gasteiger partial charge in [-0.3, -0.25) is 9.59 Å². The number of esters is 1. The van der Waals surface area contributed by atoms with Crippen LogP contribution in [0, 0.1) is 0 Å². The monoisotopic (exact) mass is 430 g/mol. The van der Waals surface area contributed by atoms with Crippen molar-refractivity contribution in [3.63, 3.8) is 0 Å². The molecule has 0 aliphatic carbocycles. The minimum absolute atomic E-state index is 0.115. The molecule has 11 heteroatoms. The summed E-state index contributed by atoms with van der Waals surface area (Å²) in [7, 11) is -4.02. The fourth-order valence-corrected chi connectivity index (χ4v) is 3.18. The Labute approximate surface area is 164 Å². The van der Waals surface area contributed by atoms with Crippen LogP contribution in [0.15, 0.2) is 53.4 Å². The number of rotatable bonds is 7. The van der Waals surface area contributed by atoms with Crippen molar-refractivity contribution in [1.82, 2.24) is 4.72 Å². The number of anilines is 1. The zero-order valence-corrected chi connectivity index (χ0v) is 15.9. The maximum absolute atomic E-state index is 12.7. The Kier molecular flexibility index (Phi) is 6.98. The minimum atomic E-state index is -4.52. The van der Waals surface area contributed by atoms with E-state index in [0.29, 0.717) is 5.69 Å². The maximum Gasteiger partial charge on any atom is 0.416 e. The summed E-state index contributed by atoms with van der Waals surface area (Å²) in [5.41, 5.74) is -0.365. The van der Waals surface area contributed by atoms with Crippen LogP contribution in [0.2, 0.25) is 0 Å². The molecule has 156 valence electrons. The van der Waals surface area contributed by atoms with Crippen LogP contribution >= 0.6 is 0 Å². The number of ether oxygens (including phenoxy) is 1. The molecule has 2 rings (SSSR count). The molecule has 1 amide bonds. The molecule has 0 spiro atoms. The van der Waals surface area contributed by atoms with Gasteiger partial charge in [-0.15, -0.1) is 0 Å². The molecule has 0 radical (unpaired) electrons. The van der Waals surface area contributed by atoms with Gasteiger partial charge < -0.3 is 10.1 Å². The Hall–Kier alpha value is -2.92. The van der Waals surface area contributed by atoms with E-state index in [9.17, 15) is 31.2 Å². The molecular formula is C18H17F3N2O5S. The Balaban J connectivity index is 1.90. The predicted molar refractivity (Wildman–Crippen MR) is 97.2 cm³/mol. The molecule has 0 atom stereocenters. The molecule has 2 aromatic carbocycles. The smallest absolute Gasteiger partial charge is 0.416 e. The number of hydrogen-bond donors (Lipinski definition) is 2. The van der Waals surface area contributed by atoms with Gasteiger partial charge in [0.1, 0.15) is 13.2 Å². The fourth-order valence-electron chi connectivity index (χ4n) is 2.21. The molecule has 0 aliphatic rings. The molecule has 0 saturated carbocycles. The van der Waals surface area contributed by atoms with Crippen LogP contribution in [0.25, 0.3) is 0 Å². The van der Waals surface area contributed by atoms with Crippen LogP contribution in [0.4, 0.5) is 18.9 Å². The summed E-state index contributed by atoms with van der Waals surface area (Å²) >= 11 is 0. The van der Waals surface area contributed by atoms with Gasteiger partial charge in [0.2, 0.25) is 15.9 Å². The molecular weight excluding hydrogens is 413 g/mol. The summed E-state index contributed by atoms with van der Waals surface area (Å²) in [6.45, 7) is 0.168. The van der Waals surface area contributed by atoms with Crippen molar-refractivity contribution in [1.29, 1.82) is 0 Å². The standard InChI is InChI=1S/C18H17F3N2O5S/c1-12(24)23-15-5-7-16(8-6-15)29(26,27)22-10-17(25)28-11-13-3-2-4-14(9-13)18(19,20)21/h2-9,22H,10-11H2,1H3,(H,23,24). The van der Waals surface area contributed by atoms with E-state index >= 15 is 0 Å². The van der Waals surface area contributed by atoms with E-state index in [1.165, 1.54) is 43.3 Å². The number of benzene rings is 2. The van der Waals surface area contributed by atoms with Crippen LogP contribution in [-0.4, -0.2) is 26.8 Å². The molecule has 0 bridgehead atoms. The SMILES string of the molecule is CC(=O)Nc1ccc(S(=O)(=O)NCC(=O)OCc2cccc(C(F)(F)F)c2)cc1. The first-order valence-electron chi connectivity index (χ1n) is 8.16. The molecule has 29 heavy (non-hydrogen) atoms. The van der Waals surface area contributed by atoms with Gasteiger partial charge in [0, 0.05) is 12.6 Å². The maximum atomic E-state index is 12.7. The van der Waals surface area contributed by atoms with Gasteiger partial charge >= 0.3 is 12.1 Å². The molecule has 0 heterocycles. The van der Waals surface area contributed by atoms with Gasteiger partial charge in [-0.25, -0.2) is 8.42 Å². The molecule has 7 nitrogen and oxygen atoms in total. The van der Waals surface area contributed by atoms with Crippen molar-refractivity contribution < 1.29 is 35.9 Å². The van der Waals surface area contributed by atoms with E-state index in [0.717, 1.165) is 12.1 Å². The summed E-state index contributed by atoms with van der Waals surface area (Å²) in [5, 5.41) is 2.48. The van der Waals surface area contributed by atoms with E-state index in [4.69, 9.17) is 4.74 Å². The molecule has 0 saturated heterocycles. The molecule has 0 aliphatic heterocycles. The normalized spacial score (nSPS) is 11.7. The average Bonchev–Trinajstić information content (AvgIpc) is 2.64. The van der Waals surface area contributed by atoms with Gasteiger partial charge in [0.15, 0.2) is 0 Å². The highest BCUT2D eigenvalue weighted by molar-refractivity contribution is 7.89. The lowest BCUT2D eigenvalue weighted by atomic mass is 10.1. The minimum Gasteiger partial charge on any atom is -0.460 e. The van der Waals surface area contributed by atoms with Crippen LogP contribution in [0.5, 0.6) is 0 Å². The molecule has 2 aromatic rings. The number of nitrogens with one attached hydrogen (secondary N) is 2. The third kappa shape index (κ3) is 6.88. The largest absolute Gasteiger partial charge is 0.460 e. The number of carbonyl (C=O) groups is 2. The molecule has 0 fully saturated rings. The summed E-state index contributed by atoms with van der Waals surface area (Å²) in [5.74, 6) is -1.27. The highest BCUT2D eigenvalue weighted by Gasteiger charge is 2.30. The topological polar surface area (TPSA) is 102 Å². The van der Waals surface area contributed by atoms with E-state index < -0.39 is 40.9 Å². The molecule has 0 aromatic heterocycles. The Morgan fingerprint density at radius 1 is 1.07 bits per heavy atom. The van der Waals surface area contributed by atoms with E-state index in [2.05, 4.69) is 5.32 Å². The second kappa shape index (κ2) is 9.05. The average molecular weight is 430 g/mol. The van der Waals surface area contributed by atoms with Gasteiger partial charge in [0.25, 0.3) is 0 Å². The van der Waals surface area contributed by atoms with Crippen molar-refractivity contribution in [3.8, 4) is 0 Å². The number of sulfonamides is 1. The number of hydrogen-bond acceptors (Lipinski definition) is 5. The van der Waals surface area contributed by atoms with Crippen LogP contribution < -0.4 is 10.0 Å². The van der Waals surface area contributed by atoms with Crippen molar-refractivity contribution in [2.24, 2.45) is 0 Å². The number of halogens is 3. The van der Waals surface area contributed by atoms with Crippen molar-refractivity contribution >= 4 is 27.6 Å². The summed E-state index contributed by atoms with van der Waals surface area (Å²) in [6, 6.07) is 9.49.